The van der Waals surface area contributed by atoms with Crippen LogP contribution in [0.1, 0.15) is 45.8 Å². The number of likely N-dealkylation sites (tertiary alicyclic amines) is 1. The third-order valence-corrected chi connectivity index (χ3v) is 6.59. The van der Waals surface area contributed by atoms with Crippen molar-refractivity contribution in [2.24, 2.45) is 0 Å². The number of hydrogen-bond acceptors (Lipinski definition) is 3. The fourth-order valence-electron chi connectivity index (χ4n) is 4.25. The van der Waals surface area contributed by atoms with Gasteiger partial charge in [0.05, 0.1) is 16.8 Å². The van der Waals surface area contributed by atoms with Gasteiger partial charge in [-0.1, -0.05) is 36.4 Å². The van der Waals surface area contributed by atoms with E-state index in [2.05, 4.69) is 30.2 Å². The average molecular weight is 387 g/mol. The molecule has 0 radical (unpaired) electrons. The number of para-hydroxylation sites is 1. The van der Waals surface area contributed by atoms with Gasteiger partial charge >= 0.3 is 0 Å². The van der Waals surface area contributed by atoms with E-state index in [0.29, 0.717) is 0 Å². The number of amides is 1. The van der Waals surface area contributed by atoms with E-state index in [1.807, 2.05) is 29.2 Å². The topological polar surface area (TPSA) is 33.2 Å². The van der Waals surface area contributed by atoms with Crippen molar-refractivity contribution in [2.75, 3.05) is 13.1 Å². The van der Waals surface area contributed by atoms with Crippen molar-refractivity contribution in [1.82, 2.24) is 9.88 Å². The molecule has 3 nitrogen and oxygen atoms in total. The summed E-state index contributed by atoms with van der Waals surface area (Å²) in [5, 5.41) is 3.07. The zero-order valence-electron chi connectivity index (χ0n) is 15.8. The molecule has 0 bridgehead atoms. The van der Waals surface area contributed by atoms with E-state index in [9.17, 15) is 4.79 Å². The molecule has 0 N–H and O–H groups in total. The summed E-state index contributed by atoms with van der Waals surface area (Å²) in [6.07, 6.45) is 5.86. The highest BCUT2D eigenvalue weighted by Gasteiger charge is 2.29. The fraction of sp³-hybridized carbons (Fsp3) is 0.250. The standard InChI is InChI=1S/C24H22N2OS/c1-16-10-12-26(13-11-16)24(27)22-19-6-2-3-7-21(19)25-23-17(8-9-20(22)23)15-18-5-4-14-28-18/h2-7,14-15H,1,8-13H2/b17-15-. The Morgan fingerprint density at radius 3 is 2.68 bits per heavy atom. The number of fused-ring (bicyclic) bond motifs is 2. The number of hydrogen-bond donors (Lipinski definition) is 0. The van der Waals surface area contributed by atoms with Gasteiger partial charge in [0.15, 0.2) is 0 Å². The molecule has 1 amide bonds. The summed E-state index contributed by atoms with van der Waals surface area (Å²) in [6.45, 7) is 5.61. The van der Waals surface area contributed by atoms with Crippen LogP contribution in [-0.2, 0) is 6.42 Å². The Bertz CT molecular complexity index is 1100. The molecule has 3 aromatic rings. The van der Waals surface area contributed by atoms with Crippen LogP contribution in [0.5, 0.6) is 0 Å². The molecule has 140 valence electrons. The lowest BCUT2D eigenvalue weighted by molar-refractivity contribution is 0.0744. The number of rotatable bonds is 2. The highest BCUT2D eigenvalue weighted by molar-refractivity contribution is 7.10. The third-order valence-electron chi connectivity index (χ3n) is 5.77. The molecule has 28 heavy (non-hydrogen) atoms. The summed E-state index contributed by atoms with van der Waals surface area (Å²) in [4.78, 5) is 21.8. The highest BCUT2D eigenvalue weighted by Crippen LogP contribution is 2.38. The first kappa shape index (κ1) is 17.4. The van der Waals surface area contributed by atoms with E-state index in [4.69, 9.17) is 4.98 Å². The fourth-order valence-corrected chi connectivity index (χ4v) is 4.93. The van der Waals surface area contributed by atoms with E-state index < -0.39 is 0 Å². The van der Waals surface area contributed by atoms with Gasteiger partial charge in [-0.2, -0.15) is 0 Å². The minimum Gasteiger partial charge on any atom is -0.338 e. The van der Waals surface area contributed by atoms with Gasteiger partial charge in [-0.05, 0) is 60.4 Å². The molecule has 5 rings (SSSR count). The molecule has 0 saturated carbocycles. The number of thiophene rings is 1. The lowest BCUT2D eigenvalue weighted by Crippen LogP contribution is -2.36. The summed E-state index contributed by atoms with van der Waals surface area (Å²) in [6, 6.07) is 12.3. The third kappa shape index (κ3) is 2.98. The van der Waals surface area contributed by atoms with Crippen LogP contribution >= 0.6 is 11.3 Å². The number of aromatic nitrogens is 1. The van der Waals surface area contributed by atoms with Crippen LogP contribution in [-0.4, -0.2) is 28.9 Å². The normalized spacial score (nSPS) is 18.1. The number of carbonyl (C=O) groups is 1. The van der Waals surface area contributed by atoms with Crippen LogP contribution in [0.15, 0.2) is 53.9 Å². The second-order valence-corrected chi connectivity index (χ2v) is 8.54. The zero-order valence-corrected chi connectivity index (χ0v) is 16.6. The van der Waals surface area contributed by atoms with Crippen molar-refractivity contribution in [3.63, 3.8) is 0 Å². The van der Waals surface area contributed by atoms with Gasteiger partial charge in [0.2, 0.25) is 0 Å². The predicted molar refractivity (Wildman–Crippen MR) is 117 cm³/mol. The van der Waals surface area contributed by atoms with Crippen molar-refractivity contribution >= 4 is 39.8 Å². The number of piperidine rings is 1. The Kier molecular flexibility index (Phi) is 4.36. The Balaban J connectivity index is 1.65. The maximum atomic E-state index is 13.6. The van der Waals surface area contributed by atoms with Crippen LogP contribution in [0.4, 0.5) is 0 Å². The molecule has 1 aliphatic heterocycles. The minimum absolute atomic E-state index is 0.153. The van der Waals surface area contributed by atoms with E-state index >= 15 is 0 Å². The average Bonchev–Trinajstić information content (AvgIpc) is 3.37. The van der Waals surface area contributed by atoms with Crippen molar-refractivity contribution in [2.45, 2.75) is 25.7 Å². The Morgan fingerprint density at radius 1 is 1.07 bits per heavy atom. The molecule has 1 aromatic carbocycles. The van der Waals surface area contributed by atoms with Gasteiger partial charge in [0.1, 0.15) is 0 Å². The Hall–Kier alpha value is -2.72. The Morgan fingerprint density at radius 2 is 1.89 bits per heavy atom. The number of carbonyl (C=O) groups excluding carboxylic acids is 1. The van der Waals surface area contributed by atoms with Gasteiger partial charge in [-0.3, -0.25) is 4.79 Å². The monoisotopic (exact) mass is 386 g/mol. The lowest BCUT2D eigenvalue weighted by Gasteiger charge is -2.29. The first-order valence-corrected chi connectivity index (χ1v) is 10.7. The number of pyridine rings is 1. The van der Waals surface area contributed by atoms with Gasteiger partial charge in [0.25, 0.3) is 5.91 Å². The van der Waals surface area contributed by atoms with Gasteiger partial charge in [0, 0.05) is 23.4 Å². The van der Waals surface area contributed by atoms with E-state index in [-0.39, 0.29) is 5.91 Å². The van der Waals surface area contributed by atoms with Gasteiger partial charge in [-0.25, -0.2) is 4.98 Å². The number of nitrogens with zero attached hydrogens (tertiary/aromatic N) is 2. The van der Waals surface area contributed by atoms with E-state index in [1.54, 1.807) is 11.3 Å². The van der Waals surface area contributed by atoms with Crippen molar-refractivity contribution in [3.05, 3.63) is 75.6 Å². The quantitative estimate of drug-likeness (QED) is 0.539. The summed E-state index contributed by atoms with van der Waals surface area (Å²) >= 11 is 1.73. The second-order valence-electron chi connectivity index (χ2n) is 7.56. The Labute approximate surface area is 169 Å². The van der Waals surface area contributed by atoms with Crippen LogP contribution < -0.4 is 0 Å². The van der Waals surface area contributed by atoms with Crippen molar-refractivity contribution < 1.29 is 4.79 Å². The number of allylic oxidation sites excluding steroid dienone is 1. The SMILES string of the molecule is C=C1CCN(C(=O)c2c3c(nc4ccccc24)/C(=C\c2cccs2)CC3)CC1. The minimum atomic E-state index is 0.153. The molecule has 4 heteroatoms. The molecule has 2 aromatic heterocycles. The predicted octanol–water partition coefficient (Wildman–Crippen LogP) is 5.58. The van der Waals surface area contributed by atoms with E-state index in [0.717, 1.165) is 66.5 Å². The van der Waals surface area contributed by atoms with Crippen LogP contribution in [0, 0.1) is 0 Å². The molecular formula is C24H22N2OS. The molecule has 1 saturated heterocycles. The molecule has 0 atom stereocenters. The highest BCUT2D eigenvalue weighted by atomic mass is 32.1. The molecule has 1 fully saturated rings. The summed E-state index contributed by atoms with van der Waals surface area (Å²) < 4.78 is 0. The molecule has 3 heterocycles. The summed E-state index contributed by atoms with van der Waals surface area (Å²) in [5.41, 5.74) is 6.39. The molecule has 0 unspecified atom stereocenters. The van der Waals surface area contributed by atoms with Gasteiger partial charge in [-0.15, -0.1) is 11.3 Å². The van der Waals surface area contributed by atoms with Crippen molar-refractivity contribution in [1.29, 1.82) is 0 Å². The largest absolute Gasteiger partial charge is 0.338 e. The molecule has 0 spiro atoms. The zero-order chi connectivity index (χ0) is 19.1. The summed E-state index contributed by atoms with van der Waals surface area (Å²) in [5.74, 6) is 0.153. The van der Waals surface area contributed by atoms with Crippen LogP contribution in [0.2, 0.25) is 0 Å². The second kappa shape index (κ2) is 7.02. The smallest absolute Gasteiger partial charge is 0.254 e. The lowest BCUT2D eigenvalue weighted by atomic mass is 9.98. The molecular weight excluding hydrogens is 364 g/mol. The van der Waals surface area contributed by atoms with Gasteiger partial charge < -0.3 is 4.90 Å². The van der Waals surface area contributed by atoms with Crippen LogP contribution in [0.25, 0.3) is 22.6 Å². The van der Waals surface area contributed by atoms with Crippen molar-refractivity contribution in [3.8, 4) is 0 Å². The maximum absolute atomic E-state index is 13.6. The summed E-state index contributed by atoms with van der Waals surface area (Å²) in [7, 11) is 0. The molecule has 2 aliphatic rings. The first-order chi connectivity index (χ1) is 13.7. The maximum Gasteiger partial charge on any atom is 0.254 e. The molecule has 1 aliphatic carbocycles. The van der Waals surface area contributed by atoms with Crippen LogP contribution in [0.3, 0.4) is 0 Å². The first-order valence-electron chi connectivity index (χ1n) is 9.83. The van der Waals surface area contributed by atoms with E-state index in [1.165, 1.54) is 16.0 Å². The number of benzene rings is 1.